The first-order chi connectivity index (χ1) is 5.81. The van der Waals surface area contributed by atoms with Crippen LogP contribution in [0, 0.1) is 0 Å². The summed E-state index contributed by atoms with van der Waals surface area (Å²) in [6.07, 6.45) is 4.76. The fourth-order valence-corrected chi connectivity index (χ4v) is 1.53. The molecule has 0 amide bonds. The first-order valence-corrected chi connectivity index (χ1v) is 4.48. The van der Waals surface area contributed by atoms with Crippen molar-refractivity contribution >= 4 is 0 Å². The van der Waals surface area contributed by atoms with E-state index in [1.54, 1.807) is 0 Å². The molecule has 1 fully saturated rings. The van der Waals surface area contributed by atoms with E-state index in [0.29, 0.717) is 0 Å². The first-order valence-electron chi connectivity index (χ1n) is 4.48. The van der Waals surface area contributed by atoms with Crippen LogP contribution in [0.2, 0.25) is 0 Å². The summed E-state index contributed by atoms with van der Waals surface area (Å²) >= 11 is 0. The Morgan fingerprint density at radius 2 is 2.42 bits per heavy atom. The fourth-order valence-electron chi connectivity index (χ4n) is 1.53. The van der Waals surface area contributed by atoms with Gasteiger partial charge in [-0.3, -0.25) is 0 Å². The molecule has 0 saturated heterocycles. The molecule has 2 rings (SSSR count). The molecule has 12 heavy (non-hydrogen) atoms. The van der Waals surface area contributed by atoms with E-state index in [1.165, 1.54) is 18.7 Å². The second-order valence-electron chi connectivity index (χ2n) is 3.51. The molecule has 3 heteroatoms. The van der Waals surface area contributed by atoms with Crippen molar-refractivity contribution in [3.8, 4) is 0 Å². The lowest BCUT2D eigenvalue weighted by Gasteiger charge is -1.94. The summed E-state index contributed by atoms with van der Waals surface area (Å²) in [6, 6.07) is 0. The average Bonchev–Trinajstić information content (AvgIpc) is 2.79. The van der Waals surface area contributed by atoms with E-state index < -0.39 is 0 Å². The molecule has 0 radical (unpaired) electrons. The van der Waals surface area contributed by atoms with Gasteiger partial charge in [0.05, 0.1) is 5.69 Å². The van der Waals surface area contributed by atoms with Crippen molar-refractivity contribution in [2.45, 2.75) is 25.3 Å². The minimum absolute atomic E-state index is 0.751. The highest BCUT2D eigenvalue weighted by Crippen LogP contribution is 2.38. The largest absolute Gasteiger partial charge is 0.337 e. The molecular weight excluding hydrogens is 150 g/mol. The summed E-state index contributed by atoms with van der Waals surface area (Å²) in [4.78, 5) is 4.56. The molecular formula is C9H15N3. The molecule has 66 valence electrons. The van der Waals surface area contributed by atoms with Crippen LogP contribution in [0.15, 0.2) is 6.20 Å². The van der Waals surface area contributed by atoms with Crippen LogP contribution in [0.4, 0.5) is 0 Å². The molecule has 1 saturated carbocycles. The molecule has 0 spiro atoms. The van der Waals surface area contributed by atoms with Crippen molar-refractivity contribution in [2.24, 2.45) is 7.05 Å². The highest BCUT2D eigenvalue weighted by Gasteiger charge is 2.27. The number of rotatable bonds is 3. The van der Waals surface area contributed by atoms with Crippen LogP contribution in [-0.4, -0.2) is 16.6 Å². The van der Waals surface area contributed by atoms with Crippen molar-refractivity contribution in [3.63, 3.8) is 0 Å². The van der Waals surface area contributed by atoms with Gasteiger partial charge in [0.15, 0.2) is 0 Å². The molecule has 1 aliphatic carbocycles. The summed E-state index contributed by atoms with van der Waals surface area (Å²) in [6.45, 7) is 0.876. The summed E-state index contributed by atoms with van der Waals surface area (Å²) in [7, 11) is 4.03. The van der Waals surface area contributed by atoms with E-state index in [4.69, 9.17) is 0 Å². The van der Waals surface area contributed by atoms with Crippen molar-refractivity contribution in [2.75, 3.05) is 7.05 Å². The Bertz CT molecular complexity index is 273. The Morgan fingerprint density at radius 1 is 1.67 bits per heavy atom. The van der Waals surface area contributed by atoms with Crippen LogP contribution in [0.5, 0.6) is 0 Å². The van der Waals surface area contributed by atoms with Gasteiger partial charge >= 0.3 is 0 Å². The molecule has 0 aromatic carbocycles. The van der Waals surface area contributed by atoms with Crippen molar-refractivity contribution < 1.29 is 0 Å². The van der Waals surface area contributed by atoms with E-state index in [1.807, 2.05) is 7.05 Å². The summed E-state index contributed by atoms with van der Waals surface area (Å²) in [5.74, 6) is 2.01. The highest BCUT2D eigenvalue weighted by atomic mass is 15.1. The molecule has 1 aromatic heterocycles. The molecule has 0 atom stereocenters. The van der Waals surface area contributed by atoms with E-state index in [9.17, 15) is 0 Å². The zero-order valence-electron chi connectivity index (χ0n) is 7.67. The second-order valence-corrected chi connectivity index (χ2v) is 3.51. The Balaban J connectivity index is 2.18. The van der Waals surface area contributed by atoms with E-state index in [0.717, 1.165) is 18.2 Å². The Hall–Kier alpha value is -0.830. The number of aryl methyl sites for hydroxylation is 1. The van der Waals surface area contributed by atoms with Gasteiger partial charge in [0.1, 0.15) is 5.82 Å². The quantitative estimate of drug-likeness (QED) is 0.724. The highest BCUT2D eigenvalue weighted by molar-refractivity contribution is 5.12. The summed E-state index contributed by atoms with van der Waals surface area (Å²) in [5, 5.41) is 3.11. The third kappa shape index (κ3) is 1.37. The van der Waals surface area contributed by atoms with Crippen LogP contribution in [-0.2, 0) is 13.6 Å². The van der Waals surface area contributed by atoms with Gasteiger partial charge in [0, 0.05) is 25.7 Å². The maximum absolute atomic E-state index is 4.56. The fraction of sp³-hybridized carbons (Fsp3) is 0.667. The average molecular weight is 165 g/mol. The minimum Gasteiger partial charge on any atom is -0.337 e. The normalized spacial score (nSPS) is 16.8. The molecule has 3 nitrogen and oxygen atoms in total. The number of hydrogen-bond donors (Lipinski definition) is 1. The van der Waals surface area contributed by atoms with Crippen LogP contribution in [0.25, 0.3) is 0 Å². The standard InChI is InChI=1S/C9H15N3/c1-10-5-8-6-12(2)9(11-8)7-3-4-7/h6-7,10H,3-5H2,1-2H3. The van der Waals surface area contributed by atoms with Gasteiger partial charge < -0.3 is 9.88 Å². The molecule has 0 aliphatic heterocycles. The SMILES string of the molecule is CNCc1cn(C)c(C2CC2)n1. The third-order valence-corrected chi connectivity index (χ3v) is 2.26. The van der Waals surface area contributed by atoms with Gasteiger partial charge in [0.2, 0.25) is 0 Å². The number of imidazole rings is 1. The number of nitrogens with zero attached hydrogens (tertiary/aromatic N) is 2. The summed E-state index contributed by atoms with van der Waals surface area (Å²) in [5.41, 5.74) is 1.15. The zero-order chi connectivity index (χ0) is 8.55. The van der Waals surface area contributed by atoms with Gasteiger partial charge in [-0.2, -0.15) is 0 Å². The molecule has 0 unspecified atom stereocenters. The Morgan fingerprint density at radius 3 is 3.00 bits per heavy atom. The number of nitrogens with one attached hydrogen (secondary N) is 1. The van der Waals surface area contributed by atoms with Gasteiger partial charge in [-0.1, -0.05) is 0 Å². The first kappa shape index (κ1) is 7.80. The number of aromatic nitrogens is 2. The van der Waals surface area contributed by atoms with Gasteiger partial charge in [-0.05, 0) is 19.9 Å². The molecule has 0 bridgehead atoms. The number of hydrogen-bond acceptors (Lipinski definition) is 2. The van der Waals surface area contributed by atoms with Crippen molar-refractivity contribution in [3.05, 3.63) is 17.7 Å². The van der Waals surface area contributed by atoms with Gasteiger partial charge in [-0.15, -0.1) is 0 Å². The van der Waals surface area contributed by atoms with Gasteiger partial charge in [-0.25, -0.2) is 4.98 Å². The predicted molar refractivity (Wildman–Crippen MR) is 47.9 cm³/mol. The van der Waals surface area contributed by atoms with Crippen molar-refractivity contribution in [1.29, 1.82) is 0 Å². The lowest BCUT2D eigenvalue weighted by atomic mass is 10.4. The molecule has 1 aromatic rings. The monoisotopic (exact) mass is 165 g/mol. The van der Waals surface area contributed by atoms with Gasteiger partial charge in [0.25, 0.3) is 0 Å². The van der Waals surface area contributed by atoms with Crippen LogP contribution in [0.1, 0.15) is 30.3 Å². The predicted octanol–water partition coefficient (Wildman–Crippen LogP) is 1.02. The lowest BCUT2D eigenvalue weighted by Crippen LogP contribution is -2.05. The van der Waals surface area contributed by atoms with E-state index >= 15 is 0 Å². The van der Waals surface area contributed by atoms with Crippen LogP contribution < -0.4 is 5.32 Å². The zero-order valence-corrected chi connectivity index (χ0v) is 7.67. The van der Waals surface area contributed by atoms with E-state index in [2.05, 4.69) is 28.1 Å². The minimum atomic E-state index is 0.751. The Kier molecular flexibility index (Phi) is 1.89. The second kappa shape index (κ2) is 2.90. The molecule has 1 aliphatic rings. The maximum atomic E-state index is 4.56. The maximum Gasteiger partial charge on any atom is 0.111 e. The smallest absolute Gasteiger partial charge is 0.111 e. The van der Waals surface area contributed by atoms with Crippen LogP contribution in [0.3, 0.4) is 0 Å². The van der Waals surface area contributed by atoms with E-state index in [-0.39, 0.29) is 0 Å². The summed E-state index contributed by atoms with van der Waals surface area (Å²) < 4.78 is 2.16. The topological polar surface area (TPSA) is 29.9 Å². The molecule has 1 heterocycles. The Labute approximate surface area is 72.8 Å². The molecule has 1 N–H and O–H groups in total. The lowest BCUT2D eigenvalue weighted by molar-refractivity contribution is 0.788. The third-order valence-electron chi connectivity index (χ3n) is 2.26. The van der Waals surface area contributed by atoms with Crippen LogP contribution >= 0.6 is 0 Å². The van der Waals surface area contributed by atoms with Crippen molar-refractivity contribution in [1.82, 2.24) is 14.9 Å².